The minimum absolute atomic E-state index is 0.133. The van der Waals surface area contributed by atoms with Crippen molar-refractivity contribution in [3.8, 4) is 0 Å². The zero-order chi connectivity index (χ0) is 17.9. The van der Waals surface area contributed by atoms with E-state index in [1.165, 1.54) is 17.3 Å². The summed E-state index contributed by atoms with van der Waals surface area (Å²) in [5.41, 5.74) is 2.26. The molecular weight excluding hydrogens is 346 g/mol. The molecule has 0 radical (unpaired) electrons. The number of carbonyl (C=O) groups is 1. The van der Waals surface area contributed by atoms with E-state index in [2.05, 4.69) is 26.1 Å². The van der Waals surface area contributed by atoms with E-state index >= 15 is 0 Å². The number of carbonyl (C=O) groups excluding carboxylic acids is 1. The average molecular weight is 367 g/mol. The Bertz CT molecular complexity index is 850. The van der Waals surface area contributed by atoms with Gasteiger partial charge in [0.1, 0.15) is 0 Å². The minimum Gasteiger partial charge on any atom is -0.348 e. The molecule has 0 atom stereocenters. The van der Waals surface area contributed by atoms with E-state index in [0.29, 0.717) is 4.91 Å². The van der Waals surface area contributed by atoms with Crippen LogP contribution in [0.3, 0.4) is 0 Å². The van der Waals surface area contributed by atoms with Crippen LogP contribution >= 0.6 is 11.8 Å². The summed E-state index contributed by atoms with van der Waals surface area (Å²) < 4.78 is 1.84. The van der Waals surface area contributed by atoms with E-state index in [1.807, 2.05) is 54.3 Å². The lowest BCUT2D eigenvalue weighted by Crippen LogP contribution is -2.47. The van der Waals surface area contributed by atoms with Crippen molar-refractivity contribution in [3.63, 3.8) is 0 Å². The highest BCUT2D eigenvalue weighted by Gasteiger charge is 2.28. The predicted molar refractivity (Wildman–Crippen MR) is 105 cm³/mol. The third-order valence-corrected chi connectivity index (χ3v) is 5.56. The molecule has 0 aliphatic carbocycles. The molecule has 6 nitrogen and oxygen atoms in total. The summed E-state index contributed by atoms with van der Waals surface area (Å²) in [6, 6.07) is 9.91. The van der Waals surface area contributed by atoms with E-state index in [1.54, 1.807) is 0 Å². The van der Waals surface area contributed by atoms with Gasteiger partial charge in [0.2, 0.25) is 0 Å². The normalized spacial score (nSPS) is 20.0. The lowest BCUT2D eigenvalue weighted by atomic mass is 10.2. The second-order valence-corrected chi connectivity index (χ2v) is 7.52. The average Bonchev–Trinajstić information content (AvgIpc) is 3.22. The van der Waals surface area contributed by atoms with Crippen LogP contribution in [0.4, 0.5) is 0 Å². The summed E-state index contributed by atoms with van der Waals surface area (Å²) >= 11 is 1.48. The molecule has 1 fully saturated rings. The number of amides is 1. The van der Waals surface area contributed by atoms with Crippen LogP contribution in [0.1, 0.15) is 11.1 Å². The molecule has 134 valence electrons. The molecule has 0 saturated carbocycles. The van der Waals surface area contributed by atoms with Gasteiger partial charge in [0.15, 0.2) is 5.17 Å². The van der Waals surface area contributed by atoms with Crippen molar-refractivity contribution in [2.75, 3.05) is 26.2 Å². The second kappa shape index (κ2) is 7.47. The predicted octanol–water partition coefficient (Wildman–Crippen LogP) is 2.21. The maximum atomic E-state index is 12.2. The SMILES string of the molecule is Cn1cc(CN2CCN(C3=NC(=O)/C(=C/c4ccccc4)S3)CC2)cn1. The Kier molecular flexibility index (Phi) is 4.90. The lowest BCUT2D eigenvalue weighted by molar-refractivity contribution is -0.113. The zero-order valence-electron chi connectivity index (χ0n) is 14.7. The number of nitrogens with zero attached hydrogens (tertiary/aromatic N) is 5. The monoisotopic (exact) mass is 367 g/mol. The number of aliphatic imine (C=N–C) groups is 1. The number of piperazine rings is 1. The summed E-state index contributed by atoms with van der Waals surface area (Å²) in [5.74, 6) is -0.133. The van der Waals surface area contributed by atoms with Crippen LogP contribution < -0.4 is 0 Å². The van der Waals surface area contributed by atoms with Crippen LogP contribution in [-0.4, -0.2) is 56.8 Å². The van der Waals surface area contributed by atoms with Crippen molar-refractivity contribution < 1.29 is 4.79 Å². The number of benzene rings is 1. The fraction of sp³-hybridized carbons (Fsp3) is 0.316. The molecule has 0 unspecified atom stereocenters. The van der Waals surface area contributed by atoms with Gasteiger partial charge in [-0.3, -0.25) is 14.4 Å². The van der Waals surface area contributed by atoms with Gasteiger partial charge in [-0.05, 0) is 23.4 Å². The van der Waals surface area contributed by atoms with Gasteiger partial charge in [-0.15, -0.1) is 0 Å². The van der Waals surface area contributed by atoms with Crippen molar-refractivity contribution in [1.82, 2.24) is 19.6 Å². The van der Waals surface area contributed by atoms with Crippen LogP contribution in [0, 0.1) is 0 Å². The molecule has 2 aliphatic heterocycles. The molecule has 2 aromatic rings. The zero-order valence-corrected chi connectivity index (χ0v) is 15.5. The maximum absolute atomic E-state index is 12.2. The van der Waals surface area contributed by atoms with E-state index in [-0.39, 0.29) is 5.91 Å². The van der Waals surface area contributed by atoms with Crippen LogP contribution in [0.5, 0.6) is 0 Å². The Balaban J connectivity index is 1.34. The van der Waals surface area contributed by atoms with Crippen molar-refractivity contribution in [3.05, 3.63) is 58.8 Å². The molecular formula is C19H21N5OS. The topological polar surface area (TPSA) is 53.7 Å². The van der Waals surface area contributed by atoms with Gasteiger partial charge >= 0.3 is 0 Å². The van der Waals surface area contributed by atoms with Gasteiger partial charge < -0.3 is 4.90 Å². The number of hydrogen-bond acceptors (Lipinski definition) is 5. The smallest absolute Gasteiger partial charge is 0.286 e. The standard InChI is InChI=1S/C19H21N5OS/c1-22-13-16(12-20-22)14-23-7-9-24(10-8-23)19-21-18(25)17(26-19)11-15-5-3-2-4-6-15/h2-6,11-13H,7-10,14H2,1H3/b17-11-. The van der Waals surface area contributed by atoms with Crippen molar-refractivity contribution in [1.29, 1.82) is 0 Å². The van der Waals surface area contributed by atoms with Crippen LogP contribution in [0.2, 0.25) is 0 Å². The first kappa shape index (κ1) is 17.1. The van der Waals surface area contributed by atoms with E-state index < -0.39 is 0 Å². The Morgan fingerprint density at radius 2 is 1.92 bits per heavy atom. The molecule has 26 heavy (non-hydrogen) atoms. The summed E-state index contributed by atoms with van der Waals surface area (Å²) in [7, 11) is 1.94. The third kappa shape index (κ3) is 3.89. The summed E-state index contributed by atoms with van der Waals surface area (Å²) in [4.78, 5) is 21.8. The van der Waals surface area contributed by atoms with Crippen molar-refractivity contribution in [2.24, 2.45) is 12.0 Å². The number of aryl methyl sites for hydroxylation is 1. The highest BCUT2D eigenvalue weighted by molar-refractivity contribution is 8.18. The van der Waals surface area contributed by atoms with Gasteiger partial charge in [-0.2, -0.15) is 10.1 Å². The van der Waals surface area contributed by atoms with E-state index in [0.717, 1.165) is 43.5 Å². The van der Waals surface area contributed by atoms with E-state index in [9.17, 15) is 4.79 Å². The summed E-state index contributed by atoms with van der Waals surface area (Å²) in [6.45, 7) is 4.61. The number of amidine groups is 1. The minimum atomic E-state index is -0.133. The first-order chi connectivity index (χ1) is 12.7. The van der Waals surface area contributed by atoms with Crippen LogP contribution in [0.15, 0.2) is 52.6 Å². The molecule has 7 heteroatoms. The number of thioether (sulfide) groups is 1. The highest BCUT2D eigenvalue weighted by Crippen LogP contribution is 2.30. The Hall–Kier alpha value is -2.38. The van der Waals surface area contributed by atoms with Crippen molar-refractivity contribution >= 4 is 28.9 Å². The molecule has 1 saturated heterocycles. The molecule has 2 aliphatic rings. The van der Waals surface area contributed by atoms with Crippen LogP contribution in [0.25, 0.3) is 6.08 Å². The molecule has 3 heterocycles. The highest BCUT2D eigenvalue weighted by atomic mass is 32.2. The summed E-state index contributed by atoms with van der Waals surface area (Å²) in [6.07, 6.45) is 5.90. The number of rotatable bonds is 3. The van der Waals surface area contributed by atoms with E-state index in [4.69, 9.17) is 0 Å². The van der Waals surface area contributed by atoms with Crippen molar-refractivity contribution in [2.45, 2.75) is 6.54 Å². The molecule has 1 aromatic carbocycles. The number of aromatic nitrogens is 2. The van der Waals surface area contributed by atoms with Gasteiger partial charge in [0.25, 0.3) is 5.91 Å². The third-order valence-electron chi connectivity index (χ3n) is 4.51. The largest absolute Gasteiger partial charge is 0.348 e. The van der Waals surface area contributed by atoms with Crippen LogP contribution in [-0.2, 0) is 18.4 Å². The second-order valence-electron chi connectivity index (χ2n) is 6.51. The molecule has 0 N–H and O–H groups in total. The van der Waals surface area contributed by atoms with Gasteiger partial charge in [0.05, 0.1) is 11.1 Å². The maximum Gasteiger partial charge on any atom is 0.286 e. The Morgan fingerprint density at radius 3 is 2.62 bits per heavy atom. The van der Waals surface area contributed by atoms with Gasteiger partial charge in [-0.25, -0.2) is 0 Å². The molecule has 0 spiro atoms. The fourth-order valence-corrected chi connectivity index (χ4v) is 4.11. The fourth-order valence-electron chi connectivity index (χ4n) is 3.14. The molecule has 4 rings (SSSR count). The Labute approximate surface area is 157 Å². The first-order valence-electron chi connectivity index (χ1n) is 8.70. The lowest BCUT2D eigenvalue weighted by Gasteiger charge is -2.35. The Morgan fingerprint density at radius 1 is 1.15 bits per heavy atom. The first-order valence-corrected chi connectivity index (χ1v) is 9.51. The van der Waals surface area contributed by atoms with Gasteiger partial charge in [0, 0.05) is 51.5 Å². The van der Waals surface area contributed by atoms with Gasteiger partial charge in [-0.1, -0.05) is 30.3 Å². The summed E-state index contributed by atoms with van der Waals surface area (Å²) in [5, 5.41) is 5.06. The quantitative estimate of drug-likeness (QED) is 0.779. The molecule has 0 bridgehead atoms. The number of hydrogen-bond donors (Lipinski definition) is 0. The molecule has 1 aromatic heterocycles. The molecule has 1 amide bonds.